The lowest BCUT2D eigenvalue weighted by Crippen LogP contribution is -2.22. The fourth-order valence-corrected chi connectivity index (χ4v) is 2.45. The molecule has 1 atom stereocenters. The lowest BCUT2D eigenvalue weighted by atomic mass is 9.75. The van der Waals surface area contributed by atoms with Crippen LogP contribution in [0.15, 0.2) is 0 Å². The topological polar surface area (TPSA) is 0 Å². The van der Waals surface area contributed by atoms with E-state index in [1.807, 2.05) is 0 Å². The van der Waals surface area contributed by atoms with Crippen LogP contribution in [0.25, 0.3) is 0 Å². The van der Waals surface area contributed by atoms with Crippen LogP contribution in [-0.4, -0.2) is 5.38 Å². The zero-order chi connectivity index (χ0) is 9.61. The molecule has 0 aromatic rings. The molecule has 0 N–H and O–H groups in total. The van der Waals surface area contributed by atoms with Crippen molar-refractivity contribution in [2.45, 2.75) is 65.2 Å². The Morgan fingerprint density at radius 1 is 1.17 bits per heavy atom. The van der Waals surface area contributed by atoms with Crippen molar-refractivity contribution in [2.24, 2.45) is 5.41 Å². The van der Waals surface area contributed by atoms with E-state index in [1.165, 1.54) is 32.1 Å². The van der Waals surface area contributed by atoms with E-state index in [9.17, 15) is 0 Å². The van der Waals surface area contributed by atoms with Gasteiger partial charge in [0.15, 0.2) is 0 Å². The summed E-state index contributed by atoms with van der Waals surface area (Å²) in [6.45, 7) is 8.95. The summed E-state index contributed by atoms with van der Waals surface area (Å²) in [4.78, 5) is 0. The molecule has 0 amide bonds. The van der Waals surface area contributed by atoms with Gasteiger partial charge in [-0.05, 0) is 25.2 Å². The predicted octanol–water partition coefficient (Wildman–Crippen LogP) is 4.61. The second kappa shape index (κ2) is 5.85. The smallest absolute Gasteiger partial charge is 0.0313 e. The maximum atomic E-state index is 6.06. The minimum atomic E-state index is 0.330. The van der Waals surface area contributed by atoms with Crippen LogP contribution >= 0.6 is 11.6 Å². The molecule has 74 valence electrons. The van der Waals surface area contributed by atoms with Crippen LogP contribution < -0.4 is 0 Å². The van der Waals surface area contributed by atoms with Gasteiger partial charge in [-0.25, -0.2) is 0 Å². The Bertz CT molecular complexity index is 104. The molecule has 0 fully saturated rings. The molecule has 1 heteroatoms. The van der Waals surface area contributed by atoms with Gasteiger partial charge < -0.3 is 0 Å². The number of alkyl halides is 1. The minimum Gasteiger partial charge on any atom is -0.123 e. The summed E-state index contributed by atoms with van der Waals surface area (Å²) >= 11 is 6.06. The molecule has 0 nitrogen and oxygen atoms in total. The van der Waals surface area contributed by atoms with Crippen molar-refractivity contribution in [3.63, 3.8) is 0 Å². The van der Waals surface area contributed by atoms with Crippen molar-refractivity contribution in [2.75, 3.05) is 0 Å². The Morgan fingerprint density at radius 2 is 1.67 bits per heavy atom. The third-order valence-corrected chi connectivity index (χ3v) is 3.15. The van der Waals surface area contributed by atoms with Gasteiger partial charge in [0.1, 0.15) is 0 Å². The van der Waals surface area contributed by atoms with Gasteiger partial charge in [-0.3, -0.25) is 0 Å². The highest BCUT2D eigenvalue weighted by Crippen LogP contribution is 2.37. The molecular weight excluding hydrogens is 168 g/mol. The van der Waals surface area contributed by atoms with E-state index in [0.717, 1.165) is 0 Å². The fraction of sp³-hybridized carbons (Fsp3) is 1.00. The molecule has 0 aliphatic heterocycles. The van der Waals surface area contributed by atoms with E-state index in [4.69, 9.17) is 11.6 Å². The Labute approximate surface area is 82.7 Å². The van der Waals surface area contributed by atoms with E-state index in [1.54, 1.807) is 0 Å². The van der Waals surface area contributed by atoms with E-state index in [-0.39, 0.29) is 0 Å². The molecule has 0 aromatic carbocycles. The van der Waals surface area contributed by atoms with Crippen molar-refractivity contribution >= 4 is 11.6 Å². The summed E-state index contributed by atoms with van der Waals surface area (Å²) < 4.78 is 0. The van der Waals surface area contributed by atoms with Gasteiger partial charge in [-0.1, -0.05) is 40.0 Å². The highest BCUT2D eigenvalue weighted by molar-refractivity contribution is 6.20. The maximum Gasteiger partial charge on any atom is 0.0313 e. The van der Waals surface area contributed by atoms with Gasteiger partial charge in [0.2, 0.25) is 0 Å². The summed E-state index contributed by atoms with van der Waals surface area (Å²) in [5.41, 5.74) is 0.524. The van der Waals surface area contributed by atoms with Gasteiger partial charge in [0.25, 0.3) is 0 Å². The molecule has 0 aliphatic rings. The third kappa shape index (κ3) is 3.80. The van der Waals surface area contributed by atoms with Gasteiger partial charge in [0, 0.05) is 5.38 Å². The van der Waals surface area contributed by atoms with Crippen LogP contribution in [-0.2, 0) is 0 Å². The number of halogens is 1. The molecule has 12 heavy (non-hydrogen) atoms. The maximum absolute atomic E-state index is 6.06. The Morgan fingerprint density at radius 3 is 1.92 bits per heavy atom. The molecule has 1 unspecified atom stereocenters. The van der Waals surface area contributed by atoms with Crippen molar-refractivity contribution in [1.29, 1.82) is 0 Å². The quantitative estimate of drug-likeness (QED) is 0.537. The first-order valence-electron chi connectivity index (χ1n) is 5.24. The molecular formula is C11H23Cl. The van der Waals surface area contributed by atoms with Gasteiger partial charge in [-0.2, -0.15) is 0 Å². The summed E-state index contributed by atoms with van der Waals surface area (Å²) in [6.07, 6.45) is 6.33. The predicted molar refractivity (Wildman–Crippen MR) is 57.9 cm³/mol. The van der Waals surface area contributed by atoms with Crippen LogP contribution in [0.3, 0.4) is 0 Å². The Balaban J connectivity index is 4.13. The molecule has 0 saturated carbocycles. The van der Waals surface area contributed by atoms with Crippen molar-refractivity contribution < 1.29 is 0 Å². The third-order valence-electron chi connectivity index (χ3n) is 2.99. The summed E-state index contributed by atoms with van der Waals surface area (Å²) in [6, 6.07) is 0. The molecule has 0 aliphatic carbocycles. The monoisotopic (exact) mass is 190 g/mol. The van der Waals surface area contributed by atoms with E-state index in [0.29, 0.717) is 10.8 Å². The first kappa shape index (κ1) is 12.3. The van der Waals surface area contributed by atoms with Crippen molar-refractivity contribution in [1.82, 2.24) is 0 Å². The van der Waals surface area contributed by atoms with Gasteiger partial charge in [0.05, 0.1) is 0 Å². The first-order chi connectivity index (χ1) is 5.60. The van der Waals surface area contributed by atoms with Crippen LogP contribution in [0.4, 0.5) is 0 Å². The van der Waals surface area contributed by atoms with Crippen LogP contribution in [0, 0.1) is 5.41 Å². The average Bonchev–Trinajstić information content (AvgIpc) is 2.03. The lowest BCUT2D eigenvalue weighted by Gasteiger charge is -2.32. The van der Waals surface area contributed by atoms with Crippen LogP contribution in [0.5, 0.6) is 0 Å². The van der Waals surface area contributed by atoms with Gasteiger partial charge >= 0.3 is 0 Å². The molecule has 0 heterocycles. The van der Waals surface area contributed by atoms with Crippen molar-refractivity contribution in [3.05, 3.63) is 0 Å². The molecule has 0 radical (unpaired) electrons. The van der Waals surface area contributed by atoms with Crippen LogP contribution in [0.1, 0.15) is 59.8 Å². The van der Waals surface area contributed by atoms with E-state index >= 15 is 0 Å². The standard InChI is InChI=1S/C11H23Cl/c1-5-8-11(6-2,7-3)9-10(4)12/h10H,5-9H2,1-4H3. The molecule has 0 aromatic heterocycles. The zero-order valence-corrected chi connectivity index (χ0v) is 9.75. The Hall–Kier alpha value is 0.290. The highest BCUT2D eigenvalue weighted by Gasteiger charge is 2.26. The number of hydrogen-bond acceptors (Lipinski definition) is 0. The molecule has 0 saturated heterocycles. The number of hydrogen-bond donors (Lipinski definition) is 0. The first-order valence-corrected chi connectivity index (χ1v) is 5.68. The van der Waals surface area contributed by atoms with Crippen molar-refractivity contribution in [3.8, 4) is 0 Å². The van der Waals surface area contributed by atoms with E-state index in [2.05, 4.69) is 27.7 Å². The summed E-state index contributed by atoms with van der Waals surface area (Å²) in [7, 11) is 0. The SMILES string of the molecule is CCCC(CC)(CC)CC(C)Cl. The lowest BCUT2D eigenvalue weighted by molar-refractivity contribution is 0.215. The average molecular weight is 191 g/mol. The molecule has 0 rings (SSSR count). The Kier molecular flexibility index (Phi) is 6.00. The largest absolute Gasteiger partial charge is 0.123 e. The fourth-order valence-electron chi connectivity index (χ4n) is 2.12. The highest BCUT2D eigenvalue weighted by atomic mass is 35.5. The second-order valence-electron chi connectivity index (χ2n) is 3.94. The number of rotatable bonds is 6. The molecule has 0 bridgehead atoms. The van der Waals surface area contributed by atoms with Crippen LogP contribution in [0.2, 0.25) is 0 Å². The summed E-state index contributed by atoms with van der Waals surface area (Å²) in [5.74, 6) is 0. The van der Waals surface area contributed by atoms with Gasteiger partial charge in [-0.15, -0.1) is 11.6 Å². The van der Waals surface area contributed by atoms with E-state index < -0.39 is 0 Å². The normalized spacial score (nSPS) is 14.8. The minimum absolute atomic E-state index is 0.330. The molecule has 0 spiro atoms. The summed E-state index contributed by atoms with van der Waals surface area (Å²) in [5, 5.41) is 0.330. The zero-order valence-electron chi connectivity index (χ0n) is 8.99. The second-order valence-corrected chi connectivity index (χ2v) is 4.69.